The first-order valence-electron chi connectivity index (χ1n) is 8.66. The first-order valence-corrected chi connectivity index (χ1v) is 9.07. The Morgan fingerprint density at radius 3 is 2.58 bits per heavy atom. The molecule has 2 atom stereocenters. The molecule has 2 unspecified atom stereocenters. The lowest BCUT2D eigenvalue weighted by Crippen LogP contribution is -2.29. The topological polar surface area (TPSA) is 56.8 Å². The van der Waals surface area contributed by atoms with E-state index in [1.807, 2.05) is 42.9 Å². The van der Waals surface area contributed by atoms with E-state index >= 15 is 0 Å². The van der Waals surface area contributed by atoms with Gasteiger partial charge in [0.15, 0.2) is 5.11 Å². The number of nitrogens with zero attached hydrogens (tertiary/aromatic N) is 3. The summed E-state index contributed by atoms with van der Waals surface area (Å²) in [6.07, 6.45) is 5.47. The van der Waals surface area contributed by atoms with Gasteiger partial charge in [-0.1, -0.05) is 6.07 Å². The molecule has 0 aromatic carbocycles. The maximum Gasteiger partial charge on any atom is 0.170 e. The van der Waals surface area contributed by atoms with E-state index in [0.717, 1.165) is 23.0 Å². The third kappa shape index (κ3) is 3.08. The van der Waals surface area contributed by atoms with Crippen LogP contribution in [0.4, 0.5) is 0 Å². The van der Waals surface area contributed by atoms with Crippen molar-refractivity contribution >= 4 is 17.3 Å². The van der Waals surface area contributed by atoms with Gasteiger partial charge in [-0.05, 0) is 67.5 Å². The van der Waals surface area contributed by atoms with Gasteiger partial charge in [0.2, 0.25) is 0 Å². The summed E-state index contributed by atoms with van der Waals surface area (Å²) in [5, 5.41) is 4.24. The Hall–Kier alpha value is -2.73. The highest BCUT2D eigenvalue weighted by Gasteiger charge is 2.40. The van der Waals surface area contributed by atoms with E-state index in [4.69, 9.17) is 12.2 Å². The molecule has 26 heavy (non-hydrogen) atoms. The molecule has 5 nitrogen and oxygen atoms in total. The lowest BCUT2D eigenvalue weighted by Gasteiger charge is -2.28. The van der Waals surface area contributed by atoms with Gasteiger partial charge in [-0.2, -0.15) is 0 Å². The van der Waals surface area contributed by atoms with Crippen molar-refractivity contribution in [3.63, 3.8) is 0 Å². The minimum atomic E-state index is 0.0134. The molecule has 1 saturated heterocycles. The van der Waals surface area contributed by atoms with Gasteiger partial charge in [-0.25, -0.2) is 0 Å². The highest BCUT2D eigenvalue weighted by molar-refractivity contribution is 7.80. The first-order chi connectivity index (χ1) is 12.6. The first kappa shape index (κ1) is 16.7. The number of nitrogens with one attached hydrogen (secondary N) is 2. The Labute approximate surface area is 158 Å². The SMILES string of the molecule is Cc1cc(C2C(c3ccccn3)NC(=S)N2Cc2ccncc2)c(C)[nH]1. The molecule has 4 rings (SSSR count). The average Bonchev–Trinajstić information content (AvgIpc) is 3.15. The van der Waals surface area contributed by atoms with Crippen LogP contribution in [0.1, 0.15) is 40.3 Å². The van der Waals surface area contributed by atoms with Gasteiger partial charge in [0, 0.05) is 36.5 Å². The number of thiocarbonyl (C=S) groups is 1. The lowest BCUT2D eigenvalue weighted by molar-refractivity contribution is 0.310. The molecule has 0 spiro atoms. The Balaban J connectivity index is 1.76. The largest absolute Gasteiger partial charge is 0.362 e. The van der Waals surface area contributed by atoms with Crippen molar-refractivity contribution in [2.75, 3.05) is 0 Å². The molecule has 0 saturated carbocycles. The normalized spacial score (nSPS) is 19.6. The molecule has 0 bridgehead atoms. The number of pyridine rings is 2. The van der Waals surface area contributed by atoms with Crippen molar-refractivity contribution in [2.24, 2.45) is 0 Å². The second-order valence-corrected chi connectivity index (χ2v) is 7.03. The second-order valence-electron chi connectivity index (χ2n) is 6.64. The quantitative estimate of drug-likeness (QED) is 0.694. The molecule has 132 valence electrons. The van der Waals surface area contributed by atoms with Crippen LogP contribution >= 0.6 is 12.2 Å². The van der Waals surface area contributed by atoms with Crippen LogP contribution in [0.15, 0.2) is 55.0 Å². The van der Waals surface area contributed by atoms with Crippen LogP contribution in [0.5, 0.6) is 0 Å². The zero-order valence-corrected chi connectivity index (χ0v) is 15.6. The number of aryl methyl sites for hydroxylation is 2. The summed E-state index contributed by atoms with van der Waals surface area (Å²) < 4.78 is 0. The Morgan fingerprint density at radius 2 is 1.92 bits per heavy atom. The standard InChI is InChI=1S/C20H21N5S/c1-13-11-16(14(2)23-13)19-18(17-5-3-4-8-22-17)24-20(26)25(19)12-15-6-9-21-10-7-15/h3-11,18-19,23H,12H2,1-2H3,(H,24,26). The van der Waals surface area contributed by atoms with Crippen molar-refractivity contribution in [2.45, 2.75) is 32.5 Å². The fourth-order valence-electron chi connectivity index (χ4n) is 3.65. The number of aromatic amines is 1. The Kier molecular flexibility index (Phi) is 4.42. The molecule has 1 aliphatic heterocycles. The van der Waals surface area contributed by atoms with E-state index < -0.39 is 0 Å². The van der Waals surface area contributed by atoms with E-state index in [-0.39, 0.29) is 12.1 Å². The summed E-state index contributed by atoms with van der Waals surface area (Å²) in [5.74, 6) is 0. The lowest BCUT2D eigenvalue weighted by atomic mass is 9.96. The van der Waals surface area contributed by atoms with Crippen molar-refractivity contribution in [1.29, 1.82) is 0 Å². The molecule has 6 heteroatoms. The fourth-order valence-corrected chi connectivity index (χ4v) is 3.96. The van der Waals surface area contributed by atoms with Crippen LogP contribution in [-0.4, -0.2) is 25.0 Å². The fraction of sp³-hybridized carbons (Fsp3) is 0.250. The van der Waals surface area contributed by atoms with Crippen LogP contribution in [-0.2, 0) is 6.54 Å². The summed E-state index contributed by atoms with van der Waals surface area (Å²) in [7, 11) is 0. The maximum atomic E-state index is 5.71. The summed E-state index contributed by atoms with van der Waals surface area (Å²) in [6.45, 7) is 4.93. The third-order valence-corrected chi connectivity index (χ3v) is 5.16. The van der Waals surface area contributed by atoms with E-state index in [1.54, 1.807) is 0 Å². The Morgan fingerprint density at radius 1 is 1.12 bits per heavy atom. The maximum absolute atomic E-state index is 5.71. The summed E-state index contributed by atoms with van der Waals surface area (Å²) in [5.41, 5.74) is 5.74. The molecule has 0 radical (unpaired) electrons. The van der Waals surface area contributed by atoms with Crippen LogP contribution < -0.4 is 5.32 Å². The summed E-state index contributed by atoms with van der Waals surface area (Å²) >= 11 is 5.71. The van der Waals surface area contributed by atoms with Crippen molar-refractivity contribution < 1.29 is 0 Å². The number of hydrogen-bond donors (Lipinski definition) is 2. The van der Waals surface area contributed by atoms with E-state index in [1.165, 1.54) is 16.8 Å². The minimum absolute atomic E-state index is 0.0134. The van der Waals surface area contributed by atoms with Crippen molar-refractivity contribution in [3.05, 3.63) is 83.2 Å². The van der Waals surface area contributed by atoms with Crippen molar-refractivity contribution in [1.82, 2.24) is 25.2 Å². The number of rotatable bonds is 4. The molecule has 4 heterocycles. The van der Waals surface area contributed by atoms with Gasteiger partial charge in [-0.15, -0.1) is 0 Å². The predicted octanol–water partition coefficient (Wildman–Crippen LogP) is 3.59. The van der Waals surface area contributed by atoms with Crippen LogP contribution in [0.25, 0.3) is 0 Å². The molecular weight excluding hydrogens is 342 g/mol. The second kappa shape index (κ2) is 6.88. The number of aromatic nitrogens is 3. The third-order valence-electron chi connectivity index (χ3n) is 4.81. The van der Waals surface area contributed by atoms with Crippen LogP contribution in [0, 0.1) is 13.8 Å². The predicted molar refractivity (Wildman–Crippen MR) is 105 cm³/mol. The molecular formula is C20H21N5S. The van der Waals surface area contributed by atoms with E-state index in [2.05, 4.69) is 51.1 Å². The van der Waals surface area contributed by atoms with Gasteiger partial charge in [0.05, 0.1) is 17.8 Å². The molecule has 1 aliphatic rings. The van der Waals surface area contributed by atoms with E-state index in [9.17, 15) is 0 Å². The highest BCUT2D eigenvalue weighted by Crippen LogP contribution is 2.40. The van der Waals surface area contributed by atoms with Gasteiger partial charge >= 0.3 is 0 Å². The molecule has 2 N–H and O–H groups in total. The van der Waals surface area contributed by atoms with Gasteiger partial charge in [0.25, 0.3) is 0 Å². The zero-order valence-electron chi connectivity index (χ0n) is 14.8. The number of H-pyrrole nitrogens is 1. The minimum Gasteiger partial charge on any atom is -0.362 e. The van der Waals surface area contributed by atoms with Crippen LogP contribution in [0.3, 0.4) is 0 Å². The smallest absolute Gasteiger partial charge is 0.170 e. The number of hydrogen-bond acceptors (Lipinski definition) is 3. The van der Waals surface area contributed by atoms with Gasteiger partial charge in [-0.3, -0.25) is 9.97 Å². The summed E-state index contributed by atoms with van der Waals surface area (Å²) in [4.78, 5) is 14.4. The molecule has 0 amide bonds. The zero-order chi connectivity index (χ0) is 18.1. The Bertz CT molecular complexity index is 906. The van der Waals surface area contributed by atoms with Crippen LogP contribution in [0.2, 0.25) is 0 Å². The molecule has 3 aromatic rings. The molecule has 1 fully saturated rings. The van der Waals surface area contributed by atoms with Gasteiger partial charge in [0.1, 0.15) is 0 Å². The molecule has 3 aromatic heterocycles. The monoisotopic (exact) mass is 363 g/mol. The van der Waals surface area contributed by atoms with E-state index in [0.29, 0.717) is 0 Å². The van der Waals surface area contributed by atoms with Gasteiger partial charge < -0.3 is 15.2 Å². The highest BCUT2D eigenvalue weighted by atomic mass is 32.1. The van der Waals surface area contributed by atoms with Crippen molar-refractivity contribution in [3.8, 4) is 0 Å². The average molecular weight is 363 g/mol. The summed E-state index contributed by atoms with van der Waals surface area (Å²) in [6, 6.07) is 12.4. The molecule has 0 aliphatic carbocycles.